The van der Waals surface area contributed by atoms with Crippen molar-refractivity contribution in [1.82, 2.24) is 30.2 Å². The highest BCUT2D eigenvalue weighted by Crippen LogP contribution is 2.35. The Morgan fingerprint density at radius 2 is 2.00 bits per heavy atom. The average Bonchev–Trinajstić information content (AvgIpc) is 3.36. The highest BCUT2D eigenvalue weighted by atomic mass is 19.4. The molecular formula is C22H27F3N6O2. The number of aromatic nitrogens is 4. The number of amides is 1. The van der Waals surface area contributed by atoms with Crippen LogP contribution in [0.3, 0.4) is 0 Å². The number of ether oxygens (including phenoxy) is 1. The van der Waals surface area contributed by atoms with Crippen LogP contribution < -0.4 is 10.6 Å². The molecule has 2 aliphatic carbocycles. The molecule has 8 nitrogen and oxygen atoms in total. The van der Waals surface area contributed by atoms with Crippen LogP contribution in [0.4, 0.5) is 18.0 Å². The molecule has 0 bridgehead atoms. The molecule has 11 heteroatoms. The Kier molecular flexibility index (Phi) is 5.90. The Morgan fingerprint density at radius 3 is 2.73 bits per heavy atom. The standard InChI is InChI=1S/C22H27F3N6O2/c23-22(24,25)12-29-14-3-5-15(6-4-14)31-18(10-28-21(32)33-11-13-1-2-13)30-17-9-27-20-16(19(17)31)7-8-26-20/h7-9,13-15,29H,1-6,10-12H2,(H,26,27)(H,28,32). The third-order valence-corrected chi connectivity index (χ3v) is 6.50. The predicted octanol–water partition coefficient (Wildman–Crippen LogP) is 4.18. The number of imidazole rings is 1. The summed E-state index contributed by atoms with van der Waals surface area (Å²) in [6.45, 7) is -0.328. The Labute approximate surface area is 188 Å². The minimum Gasteiger partial charge on any atom is -0.449 e. The van der Waals surface area contributed by atoms with Crippen LogP contribution in [0.1, 0.15) is 50.4 Å². The molecule has 0 radical (unpaired) electrons. The molecule has 5 rings (SSSR count). The van der Waals surface area contributed by atoms with E-state index in [2.05, 4.69) is 25.2 Å². The lowest BCUT2D eigenvalue weighted by atomic mass is 9.90. The minimum absolute atomic E-state index is 0.0683. The second-order valence-corrected chi connectivity index (χ2v) is 9.03. The molecule has 2 aliphatic rings. The van der Waals surface area contributed by atoms with E-state index < -0.39 is 18.8 Å². The van der Waals surface area contributed by atoms with Crippen molar-refractivity contribution in [2.75, 3.05) is 13.2 Å². The Morgan fingerprint density at radius 1 is 1.21 bits per heavy atom. The van der Waals surface area contributed by atoms with E-state index in [1.807, 2.05) is 12.3 Å². The predicted molar refractivity (Wildman–Crippen MR) is 116 cm³/mol. The Hall–Kier alpha value is -2.82. The van der Waals surface area contributed by atoms with Crippen molar-refractivity contribution in [3.8, 4) is 0 Å². The number of alkyl carbamates (subject to hydrolysis) is 1. The van der Waals surface area contributed by atoms with Gasteiger partial charge in [-0.1, -0.05) is 0 Å². The molecule has 3 N–H and O–H groups in total. The van der Waals surface area contributed by atoms with Crippen LogP contribution in [-0.4, -0.2) is 51.0 Å². The number of nitrogens with one attached hydrogen (secondary N) is 3. The maximum Gasteiger partial charge on any atom is 0.407 e. The van der Waals surface area contributed by atoms with Gasteiger partial charge < -0.3 is 24.9 Å². The number of halogens is 3. The van der Waals surface area contributed by atoms with Gasteiger partial charge in [0.05, 0.1) is 31.4 Å². The summed E-state index contributed by atoms with van der Waals surface area (Å²) >= 11 is 0. The number of hydrogen-bond acceptors (Lipinski definition) is 5. The third kappa shape index (κ3) is 5.07. The zero-order chi connectivity index (χ0) is 23.0. The summed E-state index contributed by atoms with van der Waals surface area (Å²) in [7, 11) is 0. The van der Waals surface area contributed by atoms with Gasteiger partial charge >= 0.3 is 12.3 Å². The number of aromatic amines is 1. The summed E-state index contributed by atoms with van der Waals surface area (Å²) in [4.78, 5) is 24.4. The molecule has 33 heavy (non-hydrogen) atoms. The molecule has 0 saturated heterocycles. The summed E-state index contributed by atoms with van der Waals surface area (Å²) in [5.74, 6) is 1.17. The summed E-state index contributed by atoms with van der Waals surface area (Å²) in [6.07, 6.45) is 3.75. The van der Waals surface area contributed by atoms with Crippen LogP contribution in [0.25, 0.3) is 22.1 Å². The molecule has 1 amide bonds. The van der Waals surface area contributed by atoms with Crippen molar-refractivity contribution < 1.29 is 22.7 Å². The summed E-state index contributed by atoms with van der Waals surface area (Å²) in [5.41, 5.74) is 2.39. The average molecular weight is 464 g/mol. The van der Waals surface area contributed by atoms with Gasteiger partial charge in [0.2, 0.25) is 0 Å². The van der Waals surface area contributed by atoms with E-state index in [0.29, 0.717) is 44.0 Å². The maximum atomic E-state index is 12.6. The van der Waals surface area contributed by atoms with Gasteiger partial charge in [-0.25, -0.2) is 14.8 Å². The molecule has 0 aliphatic heterocycles. The van der Waals surface area contributed by atoms with E-state index in [1.54, 1.807) is 6.20 Å². The first-order chi connectivity index (χ1) is 15.9. The van der Waals surface area contributed by atoms with E-state index in [0.717, 1.165) is 34.9 Å². The van der Waals surface area contributed by atoms with Gasteiger partial charge in [-0.05, 0) is 50.5 Å². The Bertz CT molecular complexity index is 1130. The zero-order valence-corrected chi connectivity index (χ0v) is 18.1. The maximum absolute atomic E-state index is 12.6. The van der Waals surface area contributed by atoms with Gasteiger partial charge in [0.1, 0.15) is 17.0 Å². The lowest BCUT2D eigenvalue weighted by Crippen LogP contribution is -2.39. The normalized spacial score (nSPS) is 21.5. The molecule has 3 aromatic heterocycles. The molecular weight excluding hydrogens is 437 g/mol. The van der Waals surface area contributed by atoms with Crippen molar-refractivity contribution >= 4 is 28.2 Å². The summed E-state index contributed by atoms with van der Waals surface area (Å²) in [5, 5.41) is 6.37. The van der Waals surface area contributed by atoms with Crippen molar-refractivity contribution in [1.29, 1.82) is 0 Å². The molecule has 3 aromatic rings. The number of alkyl halides is 3. The Balaban J connectivity index is 1.35. The van der Waals surface area contributed by atoms with Crippen molar-refractivity contribution in [2.24, 2.45) is 5.92 Å². The molecule has 0 atom stereocenters. The number of carbonyl (C=O) groups excluding carboxylic acids is 1. The number of pyridine rings is 1. The quantitative estimate of drug-likeness (QED) is 0.487. The first kappa shape index (κ1) is 22.0. The van der Waals surface area contributed by atoms with Crippen LogP contribution in [0.5, 0.6) is 0 Å². The van der Waals surface area contributed by atoms with Crippen molar-refractivity contribution in [3.63, 3.8) is 0 Å². The highest BCUT2D eigenvalue weighted by Gasteiger charge is 2.31. The number of H-pyrrole nitrogens is 1. The highest BCUT2D eigenvalue weighted by molar-refractivity contribution is 6.01. The molecule has 3 heterocycles. The van der Waals surface area contributed by atoms with Crippen LogP contribution in [0, 0.1) is 5.92 Å². The van der Waals surface area contributed by atoms with Crippen LogP contribution >= 0.6 is 0 Å². The number of rotatable bonds is 7. The monoisotopic (exact) mass is 464 g/mol. The van der Waals surface area contributed by atoms with Gasteiger partial charge in [-0.3, -0.25) is 0 Å². The largest absolute Gasteiger partial charge is 0.449 e. The first-order valence-electron chi connectivity index (χ1n) is 11.4. The van der Waals surface area contributed by atoms with Gasteiger partial charge in [-0.2, -0.15) is 13.2 Å². The van der Waals surface area contributed by atoms with E-state index >= 15 is 0 Å². The van der Waals surface area contributed by atoms with Crippen LogP contribution in [0.2, 0.25) is 0 Å². The second-order valence-electron chi connectivity index (χ2n) is 9.03. The molecule has 2 saturated carbocycles. The van der Waals surface area contributed by atoms with E-state index in [-0.39, 0.29) is 18.6 Å². The fourth-order valence-electron chi connectivity index (χ4n) is 4.64. The second kappa shape index (κ2) is 8.85. The fraction of sp³-hybridized carbons (Fsp3) is 0.591. The minimum atomic E-state index is -4.21. The fourth-order valence-corrected chi connectivity index (χ4v) is 4.64. The smallest absolute Gasteiger partial charge is 0.407 e. The van der Waals surface area contributed by atoms with Crippen LogP contribution in [-0.2, 0) is 11.3 Å². The van der Waals surface area contributed by atoms with Gasteiger partial charge in [0, 0.05) is 23.7 Å². The summed E-state index contributed by atoms with van der Waals surface area (Å²) in [6, 6.07) is 1.85. The topological polar surface area (TPSA) is 96.9 Å². The molecule has 0 spiro atoms. The van der Waals surface area contributed by atoms with Gasteiger partial charge in [0.15, 0.2) is 0 Å². The van der Waals surface area contributed by atoms with E-state index in [1.165, 1.54) is 0 Å². The number of carbonyl (C=O) groups is 1. The van der Waals surface area contributed by atoms with Crippen LogP contribution in [0.15, 0.2) is 18.5 Å². The zero-order valence-electron chi connectivity index (χ0n) is 18.1. The van der Waals surface area contributed by atoms with Crippen molar-refractivity contribution in [3.05, 3.63) is 24.3 Å². The third-order valence-electron chi connectivity index (χ3n) is 6.50. The molecule has 2 fully saturated rings. The molecule has 0 aromatic carbocycles. The molecule has 0 unspecified atom stereocenters. The lowest BCUT2D eigenvalue weighted by molar-refractivity contribution is -0.126. The van der Waals surface area contributed by atoms with Crippen molar-refractivity contribution in [2.45, 2.75) is 63.3 Å². The number of fused-ring (bicyclic) bond motifs is 3. The summed E-state index contributed by atoms with van der Waals surface area (Å²) < 4.78 is 45.1. The number of nitrogens with zero attached hydrogens (tertiary/aromatic N) is 3. The van der Waals surface area contributed by atoms with Gasteiger partial charge in [0.25, 0.3) is 0 Å². The number of hydrogen-bond donors (Lipinski definition) is 3. The molecule has 178 valence electrons. The first-order valence-corrected chi connectivity index (χ1v) is 11.4. The van der Waals surface area contributed by atoms with E-state index in [9.17, 15) is 18.0 Å². The lowest BCUT2D eigenvalue weighted by Gasteiger charge is -2.31. The SMILES string of the molecule is O=C(NCc1nc2cnc3[nH]ccc3c2n1C1CCC(NCC(F)(F)F)CC1)OCC1CC1. The van der Waals surface area contributed by atoms with E-state index in [4.69, 9.17) is 9.72 Å². The van der Waals surface area contributed by atoms with Gasteiger partial charge in [-0.15, -0.1) is 0 Å².